The Bertz CT molecular complexity index is 979. The van der Waals surface area contributed by atoms with Crippen molar-refractivity contribution in [1.29, 1.82) is 0 Å². The quantitative estimate of drug-likeness (QED) is 0.450. The molecule has 3 rings (SSSR count). The molecule has 6 nitrogen and oxygen atoms in total. The molecule has 6 heteroatoms. The lowest BCUT2D eigenvalue weighted by Gasteiger charge is -2.23. The van der Waals surface area contributed by atoms with E-state index in [1.807, 2.05) is 79.7 Å². The molecule has 3 aromatic rings. The number of amides is 1. The Balaban J connectivity index is 1.57. The molecule has 0 atom stereocenters. The lowest BCUT2D eigenvalue weighted by molar-refractivity contribution is -0.154. The van der Waals surface area contributed by atoms with Gasteiger partial charge in [0.1, 0.15) is 0 Å². The maximum absolute atomic E-state index is 12.9. The topological polar surface area (TPSA) is 65.1 Å². The highest BCUT2D eigenvalue weighted by molar-refractivity contribution is 5.81. The lowest BCUT2D eigenvalue weighted by atomic mass is 10.1. The summed E-state index contributed by atoms with van der Waals surface area (Å²) < 4.78 is 16.0. The van der Waals surface area contributed by atoms with E-state index in [-0.39, 0.29) is 19.1 Å². The Morgan fingerprint density at radius 3 is 1.94 bits per heavy atom. The third kappa shape index (κ3) is 6.87. The van der Waals surface area contributed by atoms with Crippen LogP contribution in [0.4, 0.5) is 0 Å². The van der Waals surface area contributed by atoms with Gasteiger partial charge in [-0.15, -0.1) is 0 Å². The van der Waals surface area contributed by atoms with Crippen molar-refractivity contribution in [1.82, 2.24) is 4.90 Å². The average Bonchev–Trinajstić information content (AvgIpc) is 2.82. The molecule has 0 N–H and O–H groups in total. The fourth-order valence-corrected chi connectivity index (χ4v) is 3.15. The van der Waals surface area contributed by atoms with Crippen LogP contribution in [0.25, 0.3) is 0 Å². The molecule has 0 radical (unpaired) electrons. The average molecular weight is 434 g/mol. The summed E-state index contributed by atoms with van der Waals surface area (Å²) in [7, 11) is 1.53. The highest BCUT2D eigenvalue weighted by Crippen LogP contribution is 2.27. The number of ether oxygens (including phenoxy) is 3. The molecule has 1 amide bonds. The number of carbonyl (C=O) groups excluding carboxylic acids is 2. The smallest absolute Gasteiger partial charge is 0.344 e. The van der Waals surface area contributed by atoms with Crippen LogP contribution in [-0.2, 0) is 27.4 Å². The molecule has 0 aliphatic heterocycles. The third-order valence-corrected chi connectivity index (χ3v) is 4.81. The van der Waals surface area contributed by atoms with Crippen LogP contribution in [0.1, 0.15) is 16.7 Å². The molecule has 0 unspecified atom stereocenters. The SMILES string of the molecule is COc1cc(C)ccc1OCC(=O)OCC(=O)N(Cc1ccccc1)Cc1ccccc1. The number of benzene rings is 3. The van der Waals surface area contributed by atoms with Gasteiger partial charge in [-0.05, 0) is 35.7 Å². The van der Waals surface area contributed by atoms with Crippen LogP contribution < -0.4 is 9.47 Å². The van der Waals surface area contributed by atoms with Gasteiger partial charge in [-0.25, -0.2) is 4.79 Å². The van der Waals surface area contributed by atoms with Crippen molar-refractivity contribution in [2.45, 2.75) is 20.0 Å². The van der Waals surface area contributed by atoms with Crippen LogP contribution >= 0.6 is 0 Å². The minimum atomic E-state index is -0.625. The summed E-state index contributed by atoms with van der Waals surface area (Å²) >= 11 is 0. The van der Waals surface area contributed by atoms with Gasteiger partial charge in [-0.2, -0.15) is 0 Å². The number of aryl methyl sites for hydroxylation is 1. The fourth-order valence-electron chi connectivity index (χ4n) is 3.15. The number of hydrogen-bond donors (Lipinski definition) is 0. The zero-order valence-corrected chi connectivity index (χ0v) is 18.3. The maximum Gasteiger partial charge on any atom is 0.344 e. The summed E-state index contributed by atoms with van der Waals surface area (Å²) in [5.41, 5.74) is 3.01. The van der Waals surface area contributed by atoms with Crippen molar-refractivity contribution in [2.24, 2.45) is 0 Å². The van der Waals surface area contributed by atoms with E-state index in [2.05, 4.69) is 0 Å². The van der Waals surface area contributed by atoms with E-state index >= 15 is 0 Å². The fraction of sp³-hybridized carbons (Fsp3) is 0.231. The van der Waals surface area contributed by atoms with Gasteiger partial charge in [-0.1, -0.05) is 66.7 Å². The van der Waals surface area contributed by atoms with E-state index in [0.717, 1.165) is 16.7 Å². The maximum atomic E-state index is 12.9. The Hall–Kier alpha value is -3.80. The lowest BCUT2D eigenvalue weighted by Crippen LogP contribution is -2.34. The molecule has 0 aromatic heterocycles. The van der Waals surface area contributed by atoms with E-state index in [1.165, 1.54) is 7.11 Å². The summed E-state index contributed by atoms with van der Waals surface area (Å²) in [4.78, 5) is 26.7. The summed E-state index contributed by atoms with van der Waals surface area (Å²) in [6.45, 7) is 2.10. The standard InChI is InChI=1S/C26H27NO5/c1-20-13-14-23(24(15-20)30-2)31-19-26(29)32-18-25(28)27(16-21-9-5-3-6-10-21)17-22-11-7-4-8-12-22/h3-15H,16-19H2,1-2H3. The number of methoxy groups -OCH3 is 1. The van der Waals surface area contributed by atoms with E-state index < -0.39 is 5.97 Å². The normalized spacial score (nSPS) is 10.3. The Morgan fingerprint density at radius 2 is 1.38 bits per heavy atom. The van der Waals surface area contributed by atoms with Crippen LogP contribution in [0.2, 0.25) is 0 Å². The molecular formula is C26H27NO5. The van der Waals surface area contributed by atoms with E-state index in [0.29, 0.717) is 24.6 Å². The molecule has 166 valence electrons. The summed E-state index contributed by atoms with van der Waals surface area (Å²) in [6.07, 6.45) is 0. The van der Waals surface area contributed by atoms with Crippen LogP contribution in [-0.4, -0.2) is 37.1 Å². The third-order valence-electron chi connectivity index (χ3n) is 4.81. The first kappa shape index (κ1) is 22.9. The molecular weight excluding hydrogens is 406 g/mol. The molecule has 0 fully saturated rings. The zero-order chi connectivity index (χ0) is 22.8. The van der Waals surface area contributed by atoms with Crippen LogP contribution in [0.15, 0.2) is 78.9 Å². The first-order valence-electron chi connectivity index (χ1n) is 10.3. The van der Waals surface area contributed by atoms with Gasteiger partial charge in [0.15, 0.2) is 24.7 Å². The Kier molecular flexibility index (Phi) is 8.26. The van der Waals surface area contributed by atoms with Crippen molar-refractivity contribution in [3.63, 3.8) is 0 Å². The second-order valence-electron chi connectivity index (χ2n) is 7.32. The summed E-state index contributed by atoms with van der Waals surface area (Å²) in [5, 5.41) is 0. The van der Waals surface area contributed by atoms with Crippen molar-refractivity contribution in [3.8, 4) is 11.5 Å². The van der Waals surface area contributed by atoms with Gasteiger partial charge in [0, 0.05) is 13.1 Å². The molecule has 0 aliphatic carbocycles. The van der Waals surface area contributed by atoms with Gasteiger partial charge < -0.3 is 19.1 Å². The minimum absolute atomic E-state index is 0.279. The van der Waals surface area contributed by atoms with Crippen molar-refractivity contribution in [3.05, 3.63) is 95.6 Å². The van der Waals surface area contributed by atoms with Crippen LogP contribution in [0.3, 0.4) is 0 Å². The largest absolute Gasteiger partial charge is 0.493 e. The monoisotopic (exact) mass is 433 g/mol. The molecule has 3 aromatic carbocycles. The first-order chi connectivity index (χ1) is 15.5. The molecule has 0 heterocycles. The molecule has 0 bridgehead atoms. The predicted octanol–water partition coefficient (Wildman–Crippen LogP) is 4.15. The molecule has 0 aliphatic rings. The van der Waals surface area contributed by atoms with Gasteiger partial charge >= 0.3 is 5.97 Å². The predicted molar refractivity (Wildman–Crippen MR) is 121 cm³/mol. The molecule has 0 saturated carbocycles. The van der Waals surface area contributed by atoms with Crippen LogP contribution in [0.5, 0.6) is 11.5 Å². The number of nitrogens with zero attached hydrogens (tertiary/aromatic N) is 1. The highest BCUT2D eigenvalue weighted by atomic mass is 16.6. The number of hydrogen-bond acceptors (Lipinski definition) is 5. The van der Waals surface area contributed by atoms with Crippen molar-refractivity contribution >= 4 is 11.9 Å². The zero-order valence-electron chi connectivity index (χ0n) is 18.3. The molecule has 0 saturated heterocycles. The minimum Gasteiger partial charge on any atom is -0.493 e. The number of carbonyl (C=O) groups is 2. The van der Waals surface area contributed by atoms with Crippen LogP contribution in [0, 0.1) is 6.92 Å². The van der Waals surface area contributed by atoms with E-state index in [9.17, 15) is 9.59 Å². The number of rotatable bonds is 10. The summed E-state index contributed by atoms with van der Waals surface area (Å²) in [6, 6.07) is 24.8. The van der Waals surface area contributed by atoms with Crippen molar-refractivity contribution in [2.75, 3.05) is 20.3 Å². The van der Waals surface area contributed by atoms with E-state index in [4.69, 9.17) is 14.2 Å². The van der Waals surface area contributed by atoms with Gasteiger partial charge in [0.2, 0.25) is 0 Å². The van der Waals surface area contributed by atoms with E-state index in [1.54, 1.807) is 11.0 Å². The second-order valence-corrected chi connectivity index (χ2v) is 7.32. The van der Waals surface area contributed by atoms with Gasteiger partial charge in [0.25, 0.3) is 5.91 Å². The Labute approximate surface area is 188 Å². The van der Waals surface area contributed by atoms with Gasteiger partial charge in [0.05, 0.1) is 7.11 Å². The van der Waals surface area contributed by atoms with Gasteiger partial charge in [-0.3, -0.25) is 4.79 Å². The first-order valence-corrected chi connectivity index (χ1v) is 10.3. The number of esters is 1. The molecule has 0 spiro atoms. The highest BCUT2D eigenvalue weighted by Gasteiger charge is 2.17. The molecule has 32 heavy (non-hydrogen) atoms. The Morgan fingerprint density at radius 1 is 0.781 bits per heavy atom. The van der Waals surface area contributed by atoms with Crippen molar-refractivity contribution < 1.29 is 23.8 Å². The summed E-state index contributed by atoms with van der Waals surface area (Å²) in [5.74, 6) is 0.0706. The second kappa shape index (κ2) is 11.6.